The van der Waals surface area contributed by atoms with Crippen LogP contribution in [0, 0.1) is 16.6 Å². The largest absolute Gasteiger partial charge is 0.416 e. The first-order valence-electron chi connectivity index (χ1n) is 12.4. The molecule has 0 radical (unpaired) electrons. The molecule has 2 aromatic heterocycles. The molecule has 0 amide bonds. The Morgan fingerprint density at radius 2 is 1.90 bits per heavy atom. The summed E-state index contributed by atoms with van der Waals surface area (Å²) in [5.41, 5.74) is -1.46. The number of rotatable bonds is 7. The third-order valence-electron chi connectivity index (χ3n) is 7.19. The van der Waals surface area contributed by atoms with Crippen LogP contribution in [0.4, 0.5) is 23.2 Å². The molecule has 3 heterocycles. The monoisotopic (exact) mass is 588 g/mol. The highest BCUT2D eigenvalue weighted by atomic mass is 32.2. The maximum Gasteiger partial charge on any atom is 0.416 e. The van der Waals surface area contributed by atoms with Gasteiger partial charge in [-0.15, -0.1) is 0 Å². The number of halogens is 4. The van der Waals surface area contributed by atoms with Gasteiger partial charge in [0, 0.05) is 50.1 Å². The summed E-state index contributed by atoms with van der Waals surface area (Å²) in [6, 6.07) is 8.19. The van der Waals surface area contributed by atoms with Gasteiger partial charge < -0.3 is 10.7 Å². The molecule has 1 aliphatic heterocycles. The number of alkyl halides is 3. The summed E-state index contributed by atoms with van der Waals surface area (Å²) >= 11 is 0. The van der Waals surface area contributed by atoms with E-state index in [9.17, 15) is 30.8 Å². The van der Waals surface area contributed by atoms with Crippen LogP contribution in [0.3, 0.4) is 0 Å². The molecule has 0 unspecified atom stereocenters. The molecule has 0 bridgehead atoms. The van der Waals surface area contributed by atoms with Crippen LogP contribution in [0.25, 0.3) is 0 Å². The fraction of sp³-hybridized carbons (Fsp3) is 0.259. The lowest BCUT2D eigenvalue weighted by atomic mass is 9.65. The minimum absolute atomic E-state index is 0.0143. The van der Waals surface area contributed by atoms with E-state index in [-0.39, 0.29) is 24.4 Å². The molecule has 1 aliphatic carbocycles. The number of Topliss-reactive ketones (excluding diaryl/α,β-unsaturated/α-hetero) is 1. The average molecular weight is 589 g/mol. The van der Waals surface area contributed by atoms with E-state index in [2.05, 4.69) is 15.4 Å². The van der Waals surface area contributed by atoms with Crippen molar-refractivity contribution in [3.05, 3.63) is 94.9 Å². The van der Waals surface area contributed by atoms with Gasteiger partial charge in [0.2, 0.25) is 0 Å². The van der Waals surface area contributed by atoms with Crippen LogP contribution < -0.4 is 5.32 Å². The molecular weight excluding hydrogens is 564 g/mol. The van der Waals surface area contributed by atoms with Crippen molar-refractivity contribution in [3.63, 3.8) is 0 Å². The topological polar surface area (TPSA) is 121 Å². The number of anilines is 1. The van der Waals surface area contributed by atoms with Crippen LogP contribution in [0.2, 0.25) is 0 Å². The molecule has 3 aromatic rings. The maximum atomic E-state index is 14.1. The number of aryl methyl sites for hydroxylation is 1. The Hall–Kier alpha value is -4.17. The van der Waals surface area contributed by atoms with Gasteiger partial charge in [0.15, 0.2) is 10.8 Å². The first-order valence-corrected chi connectivity index (χ1v) is 13.8. The Labute approximate surface area is 232 Å². The van der Waals surface area contributed by atoms with Crippen LogP contribution in [-0.4, -0.2) is 52.6 Å². The third-order valence-corrected chi connectivity index (χ3v) is 8.93. The molecule has 14 heteroatoms. The first kappa shape index (κ1) is 28.4. The summed E-state index contributed by atoms with van der Waals surface area (Å²) in [6.07, 6.45) is 0.128. The number of fused-ring (bicyclic) bond motifs is 1. The molecule has 2 N–H and O–H groups in total. The minimum Gasteiger partial charge on any atom is -0.355 e. The molecule has 1 saturated heterocycles. The van der Waals surface area contributed by atoms with Crippen molar-refractivity contribution in [3.8, 4) is 0 Å². The number of carbonyl (C=O) groups is 1. The van der Waals surface area contributed by atoms with Crippen molar-refractivity contribution in [2.24, 2.45) is 12.5 Å². The number of nitrogens with one attached hydrogen (secondary N) is 2. The van der Waals surface area contributed by atoms with Crippen molar-refractivity contribution >= 4 is 27.7 Å². The normalized spacial score (nSPS) is 19.9. The van der Waals surface area contributed by atoms with Gasteiger partial charge in [-0.25, -0.2) is 12.8 Å². The molecule has 0 spiro atoms. The standard InChI is InChI=1S/C27H24F4N6O3S/c1-36-10-8-24(35-36)41(39,40)37-11-7-18-12-22(34-21-4-2-20(28)3-5-21)17(15-32)14-26(18,16-37)25(38)23-13-19(6-9-33-23)27(29,30)31/h2-6,8-10,12-13,15,32,34H,7,11,14,16H2,1H3/t26-/m0/s1. The lowest BCUT2D eigenvalue weighted by Gasteiger charge is -2.45. The second kappa shape index (κ2) is 10.3. The fourth-order valence-corrected chi connectivity index (χ4v) is 6.56. The number of sulfonamides is 1. The molecule has 1 aromatic carbocycles. The number of nitrogens with zero attached hydrogens (tertiary/aromatic N) is 4. The molecule has 214 valence electrons. The smallest absolute Gasteiger partial charge is 0.355 e. The maximum absolute atomic E-state index is 14.1. The van der Waals surface area contributed by atoms with E-state index in [1.54, 1.807) is 13.1 Å². The molecule has 41 heavy (non-hydrogen) atoms. The number of pyridine rings is 1. The SMILES string of the molecule is Cn1ccc(S(=O)(=O)N2CCC3=CC(Nc4ccc(F)cc4)=C(C=N)C[C@]3(C(=O)c3cc(C(F)(F)F)ccn3)C2)n1. The van der Waals surface area contributed by atoms with Crippen molar-refractivity contribution in [2.75, 3.05) is 18.4 Å². The predicted octanol–water partition coefficient (Wildman–Crippen LogP) is 4.58. The van der Waals surface area contributed by atoms with Crippen LogP contribution in [0.5, 0.6) is 0 Å². The second-order valence-corrected chi connectivity index (χ2v) is 11.7. The number of hydrogen-bond donors (Lipinski definition) is 2. The Balaban J connectivity index is 1.60. The zero-order valence-corrected chi connectivity index (χ0v) is 22.4. The summed E-state index contributed by atoms with van der Waals surface area (Å²) in [6.45, 7) is -0.408. The van der Waals surface area contributed by atoms with Gasteiger partial charge in [-0.2, -0.15) is 22.6 Å². The fourth-order valence-electron chi connectivity index (χ4n) is 5.11. The molecule has 5 rings (SSSR count). The van der Waals surface area contributed by atoms with E-state index in [0.29, 0.717) is 28.6 Å². The Morgan fingerprint density at radius 1 is 1.17 bits per heavy atom. The highest BCUT2D eigenvalue weighted by Gasteiger charge is 2.51. The zero-order valence-electron chi connectivity index (χ0n) is 21.6. The molecular formula is C27H24F4N6O3S. The van der Waals surface area contributed by atoms with Crippen LogP contribution >= 0.6 is 0 Å². The molecule has 9 nitrogen and oxygen atoms in total. The average Bonchev–Trinajstić information content (AvgIpc) is 3.40. The van der Waals surface area contributed by atoms with E-state index in [1.807, 2.05) is 0 Å². The van der Waals surface area contributed by atoms with E-state index in [1.165, 1.54) is 41.2 Å². The number of allylic oxidation sites excluding steroid dienone is 2. The van der Waals surface area contributed by atoms with Gasteiger partial charge in [0.05, 0.1) is 11.0 Å². The van der Waals surface area contributed by atoms with Crippen LogP contribution in [0.1, 0.15) is 28.9 Å². The van der Waals surface area contributed by atoms with Gasteiger partial charge in [-0.05, 0) is 67.0 Å². The quantitative estimate of drug-likeness (QED) is 0.237. The van der Waals surface area contributed by atoms with Crippen LogP contribution in [-0.2, 0) is 23.2 Å². The summed E-state index contributed by atoms with van der Waals surface area (Å²) in [5, 5.41) is 14.9. The summed E-state index contributed by atoms with van der Waals surface area (Å²) in [7, 11) is -2.62. The molecule has 2 aliphatic rings. The number of benzene rings is 1. The minimum atomic E-state index is -4.73. The van der Waals surface area contributed by atoms with Crippen LogP contribution in [0.15, 0.2) is 82.8 Å². The van der Waals surface area contributed by atoms with Crippen molar-refractivity contribution in [2.45, 2.75) is 24.0 Å². The Kier molecular flexibility index (Phi) is 7.15. The van der Waals surface area contributed by atoms with Gasteiger partial charge in [0.25, 0.3) is 10.0 Å². The van der Waals surface area contributed by atoms with E-state index in [0.717, 1.165) is 22.8 Å². The van der Waals surface area contributed by atoms with Crippen molar-refractivity contribution in [1.82, 2.24) is 19.1 Å². The van der Waals surface area contributed by atoms with Gasteiger partial charge in [-0.3, -0.25) is 14.5 Å². The first-order chi connectivity index (χ1) is 19.3. The molecule has 1 atom stereocenters. The lowest BCUT2D eigenvalue weighted by molar-refractivity contribution is -0.137. The summed E-state index contributed by atoms with van der Waals surface area (Å²) in [5.74, 6) is -1.24. The Bertz CT molecular complexity index is 1700. The second-order valence-electron chi connectivity index (χ2n) is 9.82. The predicted molar refractivity (Wildman–Crippen MR) is 141 cm³/mol. The van der Waals surface area contributed by atoms with Crippen molar-refractivity contribution in [1.29, 1.82) is 5.41 Å². The van der Waals surface area contributed by atoms with Gasteiger partial charge in [0.1, 0.15) is 11.5 Å². The number of piperidine rings is 1. The number of hydrogen-bond acceptors (Lipinski definition) is 7. The molecule has 0 saturated carbocycles. The zero-order chi connectivity index (χ0) is 29.6. The lowest BCUT2D eigenvalue weighted by Crippen LogP contribution is -2.52. The molecule has 1 fully saturated rings. The van der Waals surface area contributed by atoms with E-state index in [4.69, 9.17) is 5.41 Å². The number of aromatic nitrogens is 3. The highest BCUT2D eigenvalue weighted by molar-refractivity contribution is 7.89. The Morgan fingerprint density at radius 3 is 2.54 bits per heavy atom. The van der Waals surface area contributed by atoms with Crippen molar-refractivity contribution < 1.29 is 30.8 Å². The highest BCUT2D eigenvalue weighted by Crippen LogP contribution is 2.48. The number of ketones is 1. The summed E-state index contributed by atoms with van der Waals surface area (Å²) < 4.78 is 83.3. The van der Waals surface area contributed by atoms with E-state index < -0.39 is 51.0 Å². The third kappa shape index (κ3) is 5.32. The van der Waals surface area contributed by atoms with Gasteiger partial charge >= 0.3 is 6.18 Å². The number of carbonyl (C=O) groups excluding carboxylic acids is 1. The van der Waals surface area contributed by atoms with E-state index >= 15 is 0 Å². The summed E-state index contributed by atoms with van der Waals surface area (Å²) in [4.78, 5) is 18.1. The van der Waals surface area contributed by atoms with Gasteiger partial charge in [-0.1, -0.05) is 5.57 Å².